The fourth-order valence-electron chi connectivity index (χ4n) is 2.40. The number of halogens is 2. The van der Waals surface area contributed by atoms with Gasteiger partial charge >= 0.3 is 0 Å². The Morgan fingerprint density at radius 3 is 2.56 bits per heavy atom. The van der Waals surface area contributed by atoms with Crippen LogP contribution in [0.4, 0.5) is 14.5 Å². The van der Waals surface area contributed by atoms with Crippen LogP contribution in [0.1, 0.15) is 16.1 Å². The van der Waals surface area contributed by atoms with E-state index in [0.717, 1.165) is 5.56 Å². The molecule has 0 aliphatic heterocycles. The zero-order chi connectivity index (χ0) is 18.0. The number of imidazole rings is 1. The summed E-state index contributed by atoms with van der Waals surface area (Å²) >= 11 is 1.35. The molecule has 0 unspecified atom stereocenters. The number of nitrogens with one attached hydrogen (secondary N) is 1. The van der Waals surface area contributed by atoms with E-state index in [1.54, 1.807) is 28.8 Å². The normalized spacial score (nSPS) is 10.7. The summed E-state index contributed by atoms with van der Waals surface area (Å²) in [5.74, 6) is -1.39. The van der Waals surface area contributed by atoms with Crippen molar-refractivity contribution in [2.45, 2.75) is 12.1 Å². The number of benzene rings is 2. The molecule has 2 aromatic carbocycles. The second-order valence-corrected chi connectivity index (χ2v) is 6.15. The van der Waals surface area contributed by atoms with Crippen LogP contribution in [0, 0.1) is 18.6 Å². The van der Waals surface area contributed by atoms with Gasteiger partial charge in [0.1, 0.15) is 17.3 Å². The first-order valence-corrected chi connectivity index (χ1v) is 8.67. The average molecular weight is 359 g/mol. The van der Waals surface area contributed by atoms with E-state index in [0.29, 0.717) is 10.8 Å². The smallest absolute Gasteiger partial charge is 0.274 e. The monoisotopic (exact) mass is 359 g/mol. The van der Waals surface area contributed by atoms with Crippen molar-refractivity contribution in [3.05, 3.63) is 71.6 Å². The Bertz CT molecular complexity index is 923. The largest absolute Gasteiger partial charge is 0.318 e. The molecule has 1 aromatic heterocycles. The highest BCUT2D eigenvalue weighted by Crippen LogP contribution is 2.23. The van der Waals surface area contributed by atoms with Gasteiger partial charge in [0.05, 0.1) is 11.9 Å². The predicted molar refractivity (Wildman–Crippen MR) is 94.4 cm³/mol. The van der Waals surface area contributed by atoms with Crippen molar-refractivity contribution in [2.75, 3.05) is 11.6 Å². The van der Waals surface area contributed by atoms with Crippen molar-refractivity contribution in [2.24, 2.45) is 0 Å². The van der Waals surface area contributed by atoms with Gasteiger partial charge < -0.3 is 5.32 Å². The highest BCUT2D eigenvalue weighted by atomic mass is 32.2. The minimum atomic E-state index is -0.517. The molecule has 0 radical (unpaired) electrons. The summed E-state index contributed by atoms with van der Waals surface area (Å²) in [4.78, 5) is 16.9. The lowest BCUT2D eigenvalue weighted by Crippen LogP contribution is -2.17. The van der Waals surface area contributed by atoms with Crippen LogP contribution in [-0.2, 0) is 0 Å². The van der Waals surface area contributed by atoms with Crippen molar-refractivity contribution in [3.63, 3.8) is 0 Å². The third-order valence-electron chi connectivity index (χ3n) is 3.60. The molecular weight excluding hydrogens is 344 g/mol. The van der Waals surface area contributed by atoms with Crippen LogP contribution in [-0.4, -0.2) is 21.7 Å². The Kier molecular flexibility index (Phi) is 4.85. The van der Waals surface area contributed by atoms with Gasteiger partial charge in [-0.2, -0.15) is 0 Å². The lowest BCUT2D eigenvalue weighted by molar-refractivity contribution is 0.101. The minimum absolute atomic E-state index is 0.0996. The van der Waals surface area contributed by atoms with E-state index >= 15 is 0 Å². The maximum atomic E-state index is 13.9. The van der Waals surface area contributed by atoms with Crippen molar-refractivity contribution < 1.29 is 13.6 Å². The third kappa shape index (κ3) is 3.56. The highest BCUT2D eigenvalue weighted by molar-refractivity contribution is 7.98. The molecule has 0 spiro atoms. The Morgan fingerprint density at radius 2 is 1.88 bits per heavy atom. The SMILES string of the molecule is CSc1ncc(C(=O)Nc2cc(C)ccc2F)n1-c1ccc(F)cc1. The minimum Gasteiger partial charge on any atom is -0.318 e. The van der Waals surface area contributed by atoms with E-state index in [4.69, 9.17) is 0 Å². The summed E-state index contributed by atoms with van der Waals surface area (Å²) in [6.07, 6.45) is 3.24. The van der Waals surface area contributed by atoms with Crippen LogP contribution in [0.15, 0.2) is 53.8 Å². The van der Waals surface area contributed by atoms with Gasteiger partial charge in [0.15, 0.2) is 5.16 Å². The van der Waals surface area contributed by atoms with Crippen LogP contribution < -0.4 is 5.32 Å². The van der Waals surface area contributed by atoms with Gasteiger partial charge in [-0.15, -0.1) is 0 Å². The maximum absolute atomic E-state index is 13.9. The zero-order valence-electron chi connectivity index (χ0n) is 13.6. The summed E-state index contributed by atoms with van der Waals surface area (Å²) in [5.41, 5.74) is 1.76. The first kappa shape index (κ1) is 17.2. The van der Waals surface area contributed by atoms with Crippen molar-refractivity contribution in [3.8, 4) is 5.69 Å². The van der Waals surface area contributed by atoms with E-state index in [9.17, 15) is 13.6 Å². The quantitative estimate of drug-likeness (QED) is 0.701. The van der Waals surface area contributed by atoms with Gasteiger partial charge in [0.25, 0.3) is 5.91 Å². The second kappa shape index (κ2) is 7.06. The number of carbonyl (C=O) groups excluding carboxylic acids is 1. The molecule has 7 heteroatoms. The van der Waals surface area contributed by atoms with E-state index in [1.807, 2.05) is 13.2 Å². The third-order valence-corrected chi connectivity index (χ3v) is 4.25. The van der Waals surface area contributed by atoms with Gasteiger partial charge in [-0.3, -0.25) is 9.36 Å². The van der Waals surface area contributed by atoms with E-state index in [1.165, 1.54) is 36.2 Å². The number of anilines is 1. The number of aryl methyl sites for hydroxylation is 1. The lowest BCUT2D eigenvalue weighted by Gasteiger charge is -2.12. The molecule has 1 heterocycles. The number of hydrogen-bond acceptors (Lipinski definition) is 3. The Morgan fingerprint density at radius 1 is 1.16 bits per heavy atom. The van der Waals surface area contributed by atoms with Crippen molar-refractivity contribution >= 4 is 23.4 Å². The standard InChI is InChI=1S/C18H15F2N3OS/c1-11-3-8-14(20)15(9-11)22-17(24)16-10-21-18(25-2)23(16)13-6-4-12(19)5-7-13/h3-10H,1-2H3,(H,22,24). The number of thioether (sulfide) groups is 1. The van der Waals surface area contributed by atoms with Crippen LogP contribution in [0.2, 0.25) is 0 Å². The van der Waals surface area contributed by atoms with Crippen LogP contribution in [0.3, 0.4) is 0 Å². The molecular formula is C18H15F2N3OS. The van der Waals surface area contributed by atoms with Crippen LogP contribution in [0.25, 0.3) is 5.69 Å². The number of nitrogens with zero attached hydrogens (tertiary/aromatic N) is 2. The molecule has 0 aliphatic carbocycles. The molecule has 1 N–H and O–H groups in total. The summed E-state index contributed by atoms with van der Waals surface area (Å²) in [6, 6.07) is 10.2. The molecule has 128 valence electrons. The molecule has 0 atom stereocenters. The van der Waals surface area contributed by atoms with Crippen molar-refractivity contribution in [1.29, 1.82) is 0 Å². The molecule has 0 fully saturated rings. The number of amides is 1. The number of rotatable bonds is 4. The van der Waals surface area contributed by atoms with Gasteiger partial charge in [-0.1, -0.05) is 17.8 Å². The molecule has 0 aliphatic rings. The van der Waals surface area contributed by atoms with E-state index in [-0.39, 0.29) is 17.2 Å². The van der Waals surface area contributed by atoms with Crippen LogP contribution in [0.5, 0.6) is 0 Å². The van der Waals surface area contributed by atoms with Gasteiger partial charge in [-0.05, 0) is 55.1 Å². The first-order chi connectivity index (χ1) is 12.0. The number of carbonyl (C=O) groups is 1. The van der Waals surface area contributed by atoms with Gasteiger partial charge in [-0.25, -0.2) is 13.8 Å². The molecule has 3 aromatic rings. The molecule has 1 amide bonds. The molecule has 4 nitrogen and oxygen atoms in total. The Labute approximate surface area is 147 Å². The Balaban J connectivity index is 1.99. The van der Waals surface area contributed by atoms with Crippen LogP contribution >= 0.6 is 11.8 Å². The fourth-order valence-corrected chi connectivity index (χ4v) is 2.94. The predicted octanol–water partition coefficient (Wildman–Crippen LogP) is 4.43. The molecule has 25 heavy (non-hydrogen) atoms. The molecule has 0 bridgehead atoms. The Hall–Kier alpha value is -2.67. The summed E-state index contributed by atoms with van der Waals surface area (Å²) in [6.45, 7) is 1.81. The summed E-state index contributed by atoms with van der Waals surface area (Å²) in [5, 5.41) is 3.14. The molecule has 3 rings (SSSR count). The zero-order valence-corrected chi connectivity index (χ0v) is 14.4. The second-order valence-electron chi connectivity index (χ2n) is 5.38. The highest BCUT2D eigenvalue weighted by Gasteiger charge is 2.19. The summed E-state index contributed by atoms with van der Waals surface area (Å²) < 4.78 is 28.7. The maximum Gasteiger partial charge on any atom is 0.274 e. The lowest BCUT2D eigenvalue weighted by atomic mass is 10.2. The number of hydrogen-bond donors (Lipinski definition) is 1. The summed E-state index contributed by atoms with van der Waals surface area (Å²) in [7, 11) is 0. The average Bonchev–Trinajstić information content (AvgIpc) is 3.03. The molecule has 0 saturated carbocycles. The number of aromatic nitrogens is 2. The fraction of sp³-hybridized carbons (Fsp3) is 0.111. The van der Waals surface area contributed by atoms with Crippen molar-refractivity contribution in [1.82, 2.24) is 9.55 Å². The van der Waals surface area contributed by atoms with Gasteiger partial charge in [0, 0.05) is 5.69 Å². The van der Waals surface area contributed by atoms with E-state index in [2.05, 4.69) is 10.3 Å². The van der Waals surface area contributed by atoms with Gasteiger partial charge in [0.2, 0.25) is 0 Å². The van der Waals surface area contributed by atoms with E-state index < -0.39 is 11.7 Å². The topological polar surface area (TPSA) is 46.9 Å². The first-order valence-electron chi connectivity index (χ1n) is 7.45. The molecule has 0 saturated heterocycles.